The molecule has 2 fully saturated rings. The summed E-state index contributed by atoms with van der Waals surface area (Å²) in [4.78, 5) is 15.8. The molecule has 1 saturated heterocycles. The molecule has 0 aromatic heterocycles. The van der Waals surface area contributed by atoms with Crippen LogP contribution in [0.1, 0.15) is 28.8 Å². The average Bonchev–Trinajstić information content (AvgIpc) is 3.37. The zero-order chi connectivity index (χ0) is 18.7. The van der Waals surface area contributed by atoms with Gasteiger partial charge in [0.15, 0.2) is 0 Å². The Morgan fingerprint density at radius 2 is 2.00 bits per heavy atom. The lowest BCUT2D eigenvalue weighted by Gasteiger charge is -2.42. The molecular formula is C17H23F2N5O2. The number of nitrogens with two attached hydrogens (primary N) is 2. The first-order valence-electron chi connectivity index (χ1n) is 8.82. The molecule has 0 spiro atoms. The Morgan fingerprint density at radius 3 is 2.58 bits per heavy atom. The summed E-state index contributed by atoms with van der Waals surface area (Å²) in [6.45, 7) is 2.26. The summed E-state index contributed by atoms with van der Waals surface area (Å²) >= 11 is 0. The monoisotopic (exact) mass is 367 g/mol. The number of aliphatic hydroxyl groups excluding tert-OH is 1. The van der Waals surface area contributed by atoms with Gasteiger partial charge in [-0.3, -0.25) is 4.79 Å². The highest BCUT2D eigenvalue weighted by Crippen LogP contribution is 2.45. The summed E-state index contributed by atoms with van der Waals surface area (Å²) in [5, 5.41) is 11.2. The van der Waals surface area contributed by atoms with Gasteiger partial charge in [-0.15, -0.1) is 0 Å². The lowest BCUT2D eigenvalue weighted by atomic mass is 10.00. The van der Waals surface area contributed by atoms with Crippen molar-refractivity contribution in [2.24, 2.45) is 17.5 Å². The van der Waals surface area contributed by atoms with Crippen LogP contribution in [0.5, 0.6) is 0 Å². The van der Waals surface area contributed by atoms with Gasteiger partial charge in [0.1, 0.15) is 12.0 Å². The fraction of sp³-hybridized carbons (Fsp3) is 0.588. The first-order valence-corrected chi connectivity index (χ1v) is 8.82. The number of benzene rings is 1. The van der Waals surface area contributed by atoms with Crippen molar-refractivity contribution in [1.82, 2.24) is 5.01 Å². The van der Waals surface area contributed by atoms with E-state index in [-0.39, 0.29) is 36.3 Å². The average molecular weight is 367 g/mol. The molecule has 2 aliphatic heterocycles. The topological polar surface area (TPSA) is 99.1 Å². The Morgan fingerprint density at radius 1 is 1.31 bits per heavy atom. The Kier molecular flexibility index (Phi) is 4.05. The van der Waals surface area contributed by atoms with Gasteiger partial charge in [0, 0.05) is 25.0 Å². The molecule has 3 atom stereocenters. The molecule has 1 aromatic carbocycles. The smallest absolute Gasteiger partial charge is 0.273 e. The molecule has 1 saturated carbocycles. The van der Waals surface area contributed by atoms with E-state index in [2.05, 4.69) is 0 Å². The second kappa shape index (κ2) is 6.04. The SMILES string of the molecule is Cc1c(N2C[C@H](CN)[C@@H](F)C2)c(F)cc2c1N(C1CC1)C(O)N(N)C2=O. The summed E-state index contributed by atoms with van der Waals surface area (Å²) in [5.74, 6) is 4.12. The number of hydrogen-bond donors (Lipinski definition) is 3. The molecule has 1 unspecified atom stereocenters. The van der Waals surface area contributed by atoms with Crippen LogP contribution >= 0.6 is 0 Å². The van der Waals surface area contributed by atoms with E-state index in [1.54, 1.807) is 16.7 Å². The number of carbonyl (C=O) groups is 1. The van der Waals surface area contributed by atoms with Crippen molar-refractivity contribution in [3.8, 4) is 0 Å². The molecule has 0 bridgehead atoms. The maximum Gasteiger partial charge on any atom is 0.273 e. The van der Waals surface area contributed by atoms with Crippen LogP contribution in [0.25, 0.3) is 0 Å². The highest BCUT2D eigenvalue weighted by atomic mass is 19.1. The summed E-state index contributed by atoms with van der Waals surface area (Å²) in [6, 6.07) is 1.19. The van der Waals surface area contributed by atoms with E-state index >= 15 is 0 Å². The number of rotatable bonds is 3. The number of anilines is 2. The van der Waals surface area contributed by atoms with E-state index in [0.717, 1.165) is 23.9 Å². The van der Waals surface area contributed by atoms with Crippen LogP contribution in [-0.4, -0.2) is 54.2 Å². The van der Waals surface area contributed by atoms with Crippen LogP contribution < -0.4 is 21.4 Å². The third-order valence-electron chi connectivity index (χ3n) is 5.60. The van der Waals surface area contributed by atoms with Gasteiger partial charge in [-0.1, -0.05) is 0 Å². The highest BCUT2D eigenvalue weighted by molar-refractivity contribution is 6.03. The number of hydrazine groups is 1. The molecule has 3 aliphatic rings. The second-order valence-electron chi connectivity index (χ2n) is 7.34. The van der Waals surface area contributed by atoms with Crippen molar-refractivity contribution in [3.63, 3.8) is 0 Å². The van der Waals surface area contributed by atoms with Gasteiger partial charge in [-0.2, -0.15) is 0 Å². The number of aliphatic hydroxyl groups is 1. The van der Waals surface area contributed by atoms with Crippen LogP contribution in [-0.2, 0) is 0 Å². The first-order chi connectivity index (χ1) is 12.3. The van der Waals surface area contributed by atoms with E-state index in [0.29, 0.717) is 17.8 Å². The maximum absolute atomic E-state index is 14.9. The maximum atomic E-state index is 14.9. The fourth-order valence-electron chi connectivity index (χ4n) is 4.09. The molecule has 1 aromatic rings. The molecule has 2 heterocycles. The minimum Gasteiger partial charge on any atom is -0.366 e. The summed E-state index contributed by atoms with van der Waals surface area (Å²) in [5.41, 5.74) is 6.98. The lowest BCUT2D eigenvalue weighted by Crippen LogP contribution is -2.59. The van der Waals surface area contributed by atoms with Crippen LogP contribution in [0, 0.1) is 18.7 Å². The number of hydrogen-bond acceptors (Lipinski definition) is 6. The van der Waals surface area contributed by atoms with E-state index in [1.807, 2.05) is 0 Å². The van der Waals surface area contributed by atoms with Gasteiger partial charge in [-0.25, -0.2) is 19.6 Å². The van der Waals surface area contributed by atoms with Gasteiger partial charge in [0.2, 0.25) is 6.35 Å². The van der Waals surface area contributed by atoms with Crippen LogP contribution in [0.4, 0.5) is 20.2 Å². The zero-order valence-corrected chi connectivity index (χ0v) is 14.5. The number of alkyl halides is 1. The molecule has 9 heteroatoms. The van der Waals surface area contributed by atoms with E-state index < -0.39 is 24.2 Å². The van der Waals surface area contributed by atoms with Crippen molar-refractivity contribution in [2.45, 2.75) is 38.3 Å². The quantitative estimate of drug-likeness (QED) is 0.530. The van der Waals surface area contributed by atoms with E-state index in [1.165, 1.54) is 0 Å². The van der Waals surface area contributed by atoms with E-state index in [4.69, 9.17) is 11.6 Å². The first kappa shape index (κ1) is 17.4. The van der Waals surface area contributed by atoms with Gasteiger partial charge >= 0.3 is 0 Å². The van der Waals surface area contributed by atoms with Crippen LogP contribution in [0.15, 0.2) is 6.07 Å². The third-order valence-corrected chi connectivity index (χ3v) is 5.60. The lowest BCUT2D eigenvalue weighted by molar-refractivity contribution is 0.0000199. The second-order valence-corrected chi connectivity index (χ2v) is 7.34. The largest absolute Gasteiger partial charge is 0.366 e. The molecule has 1 aliphatic carbocycles. The Bertz CT molecular complexity index is 757. The molecule has 4 rings (SSSR count). The standard InChI is InChI=1S/C17H23F2N5O2/c1-8-14-11(16(25)24(21)17(26)23(14)10-2-3-10)4-12(18)15(8)22-6-9(5-20)13(19)7-22/h4,9-10,13,17,26H,2-3,5-7,20-21H2,1H3/t9-,13-,17?/m0/s1. The van der Waals surface area contributed by atoms with Gasteiger partial charge in [-0.05, 0) is 37.9 Å². The molecule has 26 heavy (non-hydrogen) atoms. The summed E-state index contributed by atoms with van der Waals surface area (Å²) in [7, 11) is 0. The number of amides is 1. The Labute approximate surface area is 150 Å². The minimum absolute atomic E-state index is 0.0456. The summed E-state index contributed by atoms with van der Waals surface area (Å²) < 4.78 is 29.0. The third kappa shape index (κ3) is 2.45. The van der Waals surface area contributed by atoms with Gasteiger partial charge in [0.05, 0.1) is 16.9 Å². The zero-order valence-electron chi connectivity index (χ0n) is 14.5. The Balaban J connectivity index is 1.83. The predicted molar refractivity (Wildman–Crippen MR) is 92.7 cm³/mol. The molecular weight excluding hydrogens is 344 g/mol. The fourth-order valence-corrected chi connectivity index (χ4v) is 4.09. The number of halogens is 2. The molecule has 5 N–H and O–H groups in total. The summed E-state index contributed by atoms with van der Waals surface area (Å²) in [6.07, 6.45) is -0.711. The van der Waals surface area contributed by atoms with Crippen molar-refractivity contribution < 1.29 is 18.7 Å². The number of fused-ring (bicyclic) bond motifs is 1. The van der Waals surface area contributed by atoms with Crippen LogP contribution in [0.3, 0.4) is 0 Å². The Hall–Kier alpha value is -1.97. The minimum atomic E-state index is -1.30. The molecule has 7 nitrogen and oxygen atoms in total. The normalized spacial score (nSPS) is 28.8. The molecule has 0 radical (unpaired) electrons. The predicted octanol–water partition coefficient (Wildman–Crippen LogP) is 0.441. The van der Waals surface area contributed by atoms with Crippen molar-refractivity contribution in [2.75, 3.05) is 29.4 Å². The van der Waals surface area contributed by atoms with E-state index in [9.17, 15) is 18.7 Å². The molecule has 142 valence electrons. The molecule has 1 amide bonds. The van der Waals surface area contributed by atoms with Crippen molar-refractivity contribution in [3.05, 3.63) is 23.0 Å². The number of nitrogens with zero attached hydrogens (tertiary/aromatic N) is 3. The van der Waals surface area contributed by atoms with Crippen molar-refractivity contribution >= 4 is 17.3 Å². The van der Waals surface area contributed by atoms with Crippen molar-refractivity contribution in [1.29, 1.82) is 0 Å². The highest BCUT2D eigenvalue weighted by Gasteiger charge is 2.45. The number of carbonyl (C=O) groups excluding carboxylic acids is 1. The van der Waals surface area contributed by atoms with Gasteiger partial charge < -0.3 is 20.6 Å². The van der Waals surface area contributed by atoms with Gasteiger partial charge in [0.25, 0.3) is 5.91 Å². The van der Waals surface area contributed by atoms with Crippen LogP contribution in [0.2, 0.25) is 0 Å².